The summed E-state index contributed by atoms with van der Waals surface area (Å²) >= 11 is 0. The van der Waals surface area contributed by atoms with Gasteiger partial charge in [0.15, 0.2) is 0 Å². The first-order valence-corrected chi connectivity index (χ1v) is 5.83. The van der Waals surface area contributed by atoms with Gasteiger partial charge in [-0.25, -0.2) is 0 Å². The van der Waals surface area contributed by atoms with Crippen LogP contribution in [0, 0.1) is 11.3 Å². The molecule has 1 aromatic heterocycles. The molecule has 0 unspecified atom stereocenters. The summed E-state index contributed by atoms with van der Waals surface area (Å²) in [6.45, 7) is 0. The van der Waals surface area contributed by atoms with E-state index >= 15 is 0 Å². The summed E-state index contributed by atoms with van der Waals surface area (Å²) in [6.07, 6.45) is 2.06. The maximum absolute atomic E-state index is 8.93. The van der Waals surface area contributed by atoms with E-state index in [1.54, 1.807) is 0 Å². The highest BCUT2D eigenvalue weighted by molar-refractivity contribution is 5.85. The molecule has 86 valence electrons. The van der Waals surface area contributed by atoms with E-state index in [1.807, 2.05) is 31.3 Å². The van der Waals surface area contributed by atoms with Gasteiger partial charge in [0.05, 0.1) is 11.6 Å². The van der Waals surface area contributed by atoms with Crippen LogP contribution in [0.4, 0.5) is 0 Å². The molecule has 18 heavy (non-hydrogen) atoms. The summed E-state index contributed by atoms with van der Waals surface area (Å²) in [5.74, 6) is 0. The monoisotopic (exact) mass is 232 g/mol. The molecule has 0 atom stereocenters. The number of hydrogen-bond donors (Lipinski definition) is 0. The fourth-order valence-electron chi connectivity index (χ4n) is 2.23. The standard InChI is InChI=1S/C16H12N2/c1-18-8-7-15-10-14(5-6-16(15)18)13-4-2-3-12(9-13)11-17/h2-10H,1H3. The van der Waals surface area contributed by atoms with Crippen LogP contribution in [0.2, 0.25) is 0 Å². The van der Waals surface area contributed by atoms with Crippen LogP contribution in [-0.2, 0) is 7.05 Å². The lowest BCUT2D eigenvalue weighted by Crippen LogP contribution is -1.84. The minimum Gasteiger partial charge on any atom is -0.351 e. The fourth-order valence-corrected chi connectivity index (χ4v) is 2.23. The van der Waals surface area contributed by atoms with Gasteiger partial charge in [-0.1, -0.05) is 18.2 Å². The van der Waals surface area contributed by atoms with Crippen molar-refractivity contribution < 1.29 is 0 Å². The van der Waals surface area contributed by atoms with Gasteiger partial charge in [0, 0.05) is 24.1 Å². The molecule has 0 radical (unpaired) electrons. The summed E-state index contributed by atoms with van der Waals surface area (Å²) in [5.41, 5.74) is 4.14. The van der Waals surface area contributed by atoms with Crippen LogP contribution < -0.4 is 0 Å². The Kier molecular flexibility index (Phi) is 2.39. The van der Waals surface area contributed by atoms with Crippen molar-refractivity contribution in [2.75, 3.05) is 0 Å². The maximum Gasteiger partial charge on any atom is 0.0991 e. The van der Waals surface area contributed by atoms with E-state index in [4.69, 9.17) is 5.26 Å². The number of nitrogens with zero attached hydrogens (tertiary/aromatic N) is 2. The van der Waals surface area contributed by atoms with Crippen LogP contribution in [0.5, 0.6) is 0 Å². The van der Waals surface area contributed by atoms with Crippen LogP contribution in [0.15, 0.2) is 54.7 Å². The summed E-state index contributed by atoms with van der Waals surface area (Å²) in [7, 11) is 2.04. The molecule has 1 heterocycles. The predicted molar refractivity (Wildman–Crippen MR) is 73.1 cm³/mol. The number of fused-ring (bicyclic) bond motifs is 1. The van der Waals surface area contributed by atoms with Crippen LogP contribution in [0.25, 0.3) is 22.0 Å². The quantitative estimate of drug-likeness (QED) is 0.628. The number of benzene rings is 2. The van der Waals surface area contributed by atoms with E-state index in [1.165, 1.54) is 10.9 Å². The van der Waals surface area contributed by atoms with Gasteiger partial charge in [0.25, 0.3) is 0 Å². The molecule has 2 aromatic carbocycles. The lowest BCUT2D eigenvalue weighted by atomic mass is 10.0. The fraction of sp³-hybridized carbons (Fsp3) is 0.0625. The van der Waals surface area contributed by atoms with Crippen LogP contribution in [-0.4, -0.2) is 4.57 Å². The molecule has 0 bridgehead atoms. The number of nitriles is 1. The van der Waals surface area contributed by atoms with Gasteiger partial charge in [-0.2, -0.15) is 5.26 Å². The molecule has 0 aliphatic carbocycles. The normalized spacial score (nSPS) is 10.4. The van der Waals surface area contributed by atoms with Gasteiger partial charge >= 0.3 is 0 Å². The second-order valence-electron chi connectivity index (χ2n) is 4.39. The smallest absolute Gasteiger partial charge is 0.0991 e. The van der Waals surface area contributed by atoms with Crippen molar-refractivity contribution >= 4 is 10.9 Å². The van der Waals surface area contributed by atoms with Crippen molar-refractivity contribution in [3.05, 3.63) is 60.3 Å². The van der Waals surface area contributed by atoms with Gasteiger partial charge in [0.1, 0.15) is 0 Å². The molecule has 0 saturated carbocycles. The summed E-state index contributed by atoms with van der Waals surface area (Å²) in [4.78, 5) is 0. The summed E-state index contributed by atoms with van der Waals surface area (Å²) in [6, 6.07) is 18.3. The minimum atomic E-state index is 0.695. The number of aromatic nitrogens is 1. The van der Waals surface area contributed by atoms with E-state index < -0.39 is 0 Å². The molecule has 2 nitrogen and oxygen atoms in total. The number of rotatable bonds is 1. The average molecular weight is 232 g/mol. The maximum atomic E-state index is 8.93. The predicted octanol–water partition coefficient (Wildman–Crippen LogP) is 3.72. The molecule has 2 heteroatoms. The van der Waals surface area contributed by atoms with Crippen molar-refractivity contribution in [3.63, 3.8) is 0 Å². The van der Waals surface area contributed by atoms with Crippen molar-refractivity contribution in [1.82, 2.24) is 4.57 Å². The topological polar surface area (TPSA) is 28.7 Å². The third-order valence-corrected chi connectivity index (χ3v) is 3.21. The van der Waals surface area contributed by atoms with E-state index in [9.17, 15) is 0 Å². The van der Waals surface area contributed by atoms with E-state index in [2.05, 4.69) is 41.1 Å². The second kappa shape index (κ2) is 4.05. The third-order valence-electron chi connectivity index (χ3n) is 3.21. The zero-order chi connectivity index (χ0) is 12.5. The minimum absolute atomic E-state index is 0.695. The Labute approximate surface area is 106 Å². The van der Waals surface area contributed by atoms with E-state index in [-0.39, 0.29) is 0 Å². The Morgan fingerprint density at radius 3 is 2.67 bits per heavy atom. The van der Waals surface area contributed by atoms with Gasteiger partial charge in [-0.3, -0.25) is 0 Å². The molecule has 0 fully saturated rings. The molecule has 3 aromatic rings. The van der Waals surface area contributed by atoms with Crippen molar-refractivity contribution in [1.29, 1.82) is 5.26 Å². The first-order chi connectivity index (χ1) is 8.78. The molecule has 0 aliphatic heterocycles. The highest BCUT2D eigenvalue weighted by Gasteiger charge is 2.02. The lowest BCUT2D eigenvalue weighted by Gasteiger charge is -2.03. The van der Waals surface area contributed by atoms with Gasteiger partial charge in [-0.05, 0) is 41.5 Å². The Hall–Kier alpha value is -2.53. The molecule has 0 amide bonds. The van der Waals surface area contributed by atoms with Gasteiger partial charge in [0.2, 0.25) is 0 Å². The first-order valence-electron chi connectivity index (χ1n) is 5.83. The third kappa shape index (κ3) is 1.66. The summed E-state index contributed by atoms with van der Waals surface area (Å²) in [5, 5.41) is 10.2. The van der Waals surface area contributed by atoms with Gasteiger partial charge in [-0.15, -0.1) is 0 Å². The van der Waals surface area contributed by atoms with Crippen LogP contribution >= 0.6 is 0 Å². The zero-order valence-electron chi connectivity index (χ0n) is 10.1. The first kappa shape index (κ1) is 10.6. The highest BCUT2D eigenvalue weighted by Crippen LogP contribution is 2.25. The molecule has 3 rings (SSSR count). The molecule has 0 N–H and O–H groups in total. The lowest BCUT2D eigenvalue weighted by molar-refractivity contribution is 0.969. The van der Waals surface area contributed by atoms with Crippen molar-refractivity contribution in [2.24, 2.45) is 7.05 Å². The Morgan fingerprint density at radius 2 is 1.83 bits per heavy atom. The number of aryl methyl sites for hydroxylation is 1. The van der Waals surface area contributed by atoms with E-state index in [0.717, 1.165) is 11.1 Å². The largest absolute Gasteiger partial charge is 0.351 e. The molecule has 0 saturated heterocycles. The average Bonchev–Trinajstić information content (AvgIpc) is 2.80. The van der Waals surface area contributed by atoms with Crippen molar-refractivity contribution in [3.8, 4) is 17.2 Å². The Morgan fingerprint density at radius 1 is 1.00 bits per heavy atom. The second-order valence-corrected chi connectivity index (χ2v) is 4.39. The zero-order valence-corrected chi connectivity index (χ0v) is 10.1. The van der Waals surface area contributed by atoms with Crippen LogP contribution in [0.3, 0.4) is 0 Å². The Balaban J connectivity index is 2.16. The van der Waals surface area contributed by atoms with E-state index in [0.29, 0.717) is 5.56 Å². The van der Waals surface area contributed by atoms with Crippen molar-refractivity contribution in [2.45, 2.75) is 0 Å². The number of hydrogen-bond acceptors (Lipinski definition) is 1. The van der Waals surface area contributed by atoms with Gasteiger partial charge < -0.3 is 4.57 Å². The molecular formula is C16H12N2. The summed E-state index contributed by atoms with van der Waals surface area (Å²) < 4.78 is 2.10. The SMILES string of the molecule is Cn1ccc2cc(-c3cccc(C#N)c3)ccc21. The van der Waals surface area contributed by atoms with Crippen LogP contribution in [0.1, 0.15) is 5.56 Å². The Bertz CT molecular complexity index is 760. The molecule has 0 spiro atoms. The molecular weight excluding hydrogens is 220 g/mol. The highest BCUT2D eigenvalue weighted by atomic mass is 14.9. The molecule has 0 aliphatic rings.